The normalized spacial score (nSPS) is 29.0. The number of methoxy groups -OCH3 is 2. The summed E-state index contributed by atoms with van der Waals surface area (Å²) >= 11 is 0. The monoisotopic (exact) mass is 299 g/mol. The number of nitrogens with zero attached hydrogens (tertiary/aromatic N) is 1. The average molecular weight is 299 g/mol. The zero-order chi connectivity index (χ0) is 16.3. The molecule has 0 amide bonds. The van der Waals surface area contributed by atoms with Crippen LogP contribution in [0.3, 0.4) is 0 Å². The van der Waals surface area contributed by atoms with Crippen LogP contribution in [0.1, 0.15) is 48.0 Å². The Morgan fingerprint density at radius 2 is 1.90 bits per heavy atom. The van der Waals surface area contributed by atoms with Crippen LogP contribution in [-0.2, 0) is 9.47 Å². The number of nitrogens with one attached hydrogen (secondary N) is 2. The van der Waals surface area contributed by atoms with Crippen molar-refractivity contribution in [2.75, 3.05) is 27.3 Å². The molecule has 0 spiro atoms. The van der Waals surface area contributed by atoms with Crippen molar-refractivity contribution >= 4 is 5.96 Å². The van der Waals surface area contributed by atoms with Crippen LogP contribution in [0.4, 0.5) is 0 Å². The van der Waals surface area contributed by atoms with Crippen molar-refractivity contribution in [3.8, 4) is 0 Å². The van der Waals surface area contributed by atoms with E-state index in [1.165, 1.54) is 0 Å². The minimum absolute atomic E-state index is 0.0642. The molecular formula is C16H33N3O2. The van der Waals surface area contributed by atoms with Gasteiger partial charge in [0.25, 0.3) is 0 Å². The lowest BCUT2D eigenvalue weighted by atomic mass is 9.56. The van der Waals surface area contributed by atoms with Crippen LogP contribution in [0, 0.1) is 5.41 Å². The largest absolute Gasteiger partial charge is 0.378 e. The zero-order valence-corrected chi connectivity index (χ0v) is 15.0. The highest BCUT2D eigenvalue weighted by Crippen LogP contribution is 2.51. The van der Waals surface area contributed by atoms with Gasteiger partial charge in [-0.2, -0.15) is 0 Å². The molecule has 0 aromatic heterocycles. The molecule has 1 aliphatic rings. The van der Waals surface area contributed by atoms with Crippen LogP contribution in [0.5, 0.6) is 0 Å². The summed E-state index contributed by atoms with van der Waals surface area (Å²) in [4.78, 5) is 4.65. The predicted molar refractivity (Wildman–Crippen MR) is 87.8 cm³/mol. The van der Waals surface area contributed by atoms with Crippen molar-refractivity contribution in [1.29, 1.82) is 0 Å². The third-order valence-corrected chi connectivity index (χ3v) is 5.10. The summed E-state index contributed by atoms with van der Waals surface area (Å²) in [5.74, 6) is 0.846. The van der Waals surface area contributed by atoms with Crippen molar-refractivity contribution in [3.05, 3.63) is 0 Å². The molecule has 0 heterocycles. The first-order valence-corrected chi connectivity index (χ1v) is 7.77. The van der Waals surface area contributed by atoms with Crippen LogP contribution in [0.15, 0.2) is 4.99 Å². The molecule has 2 atom stereocenters. The molecule has 21 heavy (non-hydrogen) atoms. The summed E-state index contributed by atoms with van der Waals surface area (Å²) in [6.45, 7) is 14.2. The molecule has 1 aliphatic carbocycles. The lowest BCUT2D eigenvalue weighted by molar-refractivity contribution is -0.176. The van der Waals surface area contributed by atoms with E-state index in [1.54, 1.807) is 14.2 Å². The topological polar surface area (TPSA) is 54.9 Å². The molecule has 0 aliphatic heterocycles. The quantitative estimate of drug-likeness (QED) is 0.583. The van der Waals surface area contributed by atoms with Gasteiger partial charge in [0, 0.05) is 32.2 Å². The zero-order valence-electron chi connectivity index (χ0n) is 15.0. The minimum Gasteiger partial charge on any atom is -0.378 e. The van der Waals surface area contributed by atoms with Crippen LogP contribution in [0.2, 0.25) is 0 Å². The van der Waals surface area contributed by atoms with Gasteiger partial charge in [0.2, 0.25) is 0 Å². The van der Waals surface area contributed by atoms with Crippen molar-refractivity contribution in [2.45, 2.75) is 65.2 Å². The molecule has 1 fully saturated rings. The summed E-state index contributed by atoms with van der Waals surface area (Å²) in [5.41, 5.74) is -0.263. The van der Waals surface area contributed by atoms with E-state index in [2.05, 4.69) is 43.3 Å². The minimum atomic E-state index is -0.251. The smallest absolute Gasteiger partial charge is 0.191 e. The van der Waals surface area contributed by atoms with Gasteiger partial charge < -0.3 is 20.1 Å². The summed E-state index contributed by atoms with van der Waals surface area (Å²) in [7, 11) is 3.51. The van der Waals surface area contributed by atoms with Gasteiger partial charge in [0.15, 0.2) is 5.96 Å². The van der Waals surface area contributed by atoms with Crippen LogP contribution >= 0.6 is 0 Å². The molecule has 124 valence electrons. The van der Waals surface area contributed by atoms with Gasteiger partial charge in [-0.3, -0.25) is 4.99 Å². The SMILES string of the molecule is CCNC(=NCC(C)(C)OC)NC1CC(C)(OC)C1(C)C. The first kappa shape index (κ1) is 18.2. The number of aliphatic imine (C=N–C) groups is 1. The van der Waals surface area contributed by atoms with Gasteiger partial charge in [-0.1, -0.05) is 13.8 Å². The van der Waals surface area contributed by atoms with Gasteiger partial charge in [0.05, 0.1) is 17.7 Å². The van der Waals surface area contributed by atoms with Gasteiger partial charge in [-0.05, 0) is 34.1 Å². The second-order valence-electron chi connectivity index (χ2n) is 7.22. The van der Waals surface area contributed by atoms with Crippen molar-refractivity contribution in [1.82, 2.24) is 10.6 Å². The Kier molecular flexibility index (Phi) is 5.67. The summed E-state index contributed by atoms with van der Waals surface area (Å²) in [6, 6.07) is 0.353. The molecule has 0 radical (unpaired) electrons. The maximum Gasteiger partial charge on any atom is 0.191 e. The molecular weight excluding hydrogens is 266 g/mol. The summed E-state index contributed by atoms with van der Waals surface area (Å²) in [6.07, 6.45) is 0.981. The number of ether oxygens (including phenoxy) is 2. The van der Waals surface area contributed by atoms with Gasteiger partial charge in [-0.25, -0.2) is 0 Å². The fourth-order valence-electron chi connectivity index (χ4n) is 2.54. The Bertz CT molecular complexity index is 380. The molecule has 0 saturated heterocycles. The first-order chi connectivity index (χ1) is 9.62. The number of guanidine groups is 1. The highest BCUT2D eigenvalue weighted by atomic mass is 16.5. The van der Waals surface area contributed by atoms with E-state index in [9.17, 15) is 0 Å². The highest BCUT2D eigenvalue weighted by Gasteiger charge is 2.58. The maximum absolute atomic E-state index is 5.67. The van der Waals surface area contributed by atoms with E-state index in [1.807, 2.05) is 13.8 Å². The highest BCUT2D eigenvalue weighted by molar-refractivity contribution is 5.80. The van der Waals surface area contributed by atoms with Gasteiger partial charge in [-0.15, -0.1) is 0 Å². The molecule has 0 aromatic carbocycles. The average Bonchev–Trinajstić information content (AvgIpc) is 2.44. The Labute approximate surface area is 129 Å². The van der Waals surface area contributed by atoms with Gasteiger partial charge >= 0.3 is 0 Å². The molecule has 5 heteroatoms. The fourth-order valence-corrected chi connectivity index (χ4v) is 2.54. The first-order valence-electron chi connectivity index (χ1n) is 7.77. The lowest BCUT2D eigenvalue weighted by Crippen LogP contribution is -2.69. The molecule has 1 rings (SSSR count). The standard InChI is InChI=1S/C16H33N3O2/c1-9-17-13(18-11-14(2,3)20-7)19-12-10-16(6,21-8)15(12,4)5/h12H,9-11H2,1-8H3,(H2,17,18,19). The van der Waals surface area contributed by atoms with Crippen molar-refractivity contribution < 1.29 is 9.47 Å². The third-order valence-electron chi connectivity index (χ3n) is 5.10. The summed E-state index contributed by atoms with van der Waals surface area (Å²) < 4.78 is 11.1. The second-order valence-corrected chi connectivity index (χ2v) is 7.22. The predicted octanol–water partition coefficient (Wildman–Crippen LogP) is 2.17. The van der Waals surface area contributed by atoms with Crippen LogP contribution in [0.25, 0.3) is 0 Å². The number of hydrogen-bond donors (Lipinski definition) is 2. The molecule has 5 nitrogen and oxygen atoms in total. The maximum atomic E-state index is 5.67. The lowest BCUT2D eigenvalue weighted by Gasteiger charge is -2.59. The third kappa shape index (κ3) is 3.89. The van der Waals surface area contributed by atoms with Crippen molar-refractivity contribution in [3.63, 3.8) is 0 Å². The van der Waals surface area contributed by atoms with Crippen LogP contribution in [-0.4, -0.2) is 50.5 Å². The second kappa shape index (κ2) is 6.53. The van der Waals surface area contributed by atoms with E-state index in [0.29, 0.717) is 12.6 Å². The van der Waals surface area contributed by atoms with E-state index >= 15 is 0 Å². The molecule has 0 aromatic rings. The molecule has 2 N–H and O–H groups in total. The van der Waals surface area contributed by atoms with Crippen LogP contribution < -0.4 is 10.6 Å². The molecule has 2 unspecified atom stereocenters. The Balaban J connectivity index is 2.71. The number of rotatable bonds is 6. The Morgan fingerprint density at radius 1 is 1.29 bits per heavy atom. The van der Waals surface area contributed by atoms with E-state index in [0.717, 1.165) is 18.9 Å². The number of hydrogen-bond acceptors (Lipinski definition) is 3. The van der Waals surface area contributed by atoms with Gasteiger partial charge in [0.1, 0.15) is 0 Å². The fraction of sp³-hybridized carbons (Fsp3) is 0.938. The Morgan fingerprint density at radius 3 is 2.33 bits per heavy atom. The Hall–Kier alpha value is -0.810. The summed E-state index contributed by atoms with van der Waals surface area (Å²) in [5, 5.41) is 6.84. The van der Waals surface area contributed by atoms with E-state index in [-0.39, 0.29) is 16.6 Å². The van der Waals surface area contributed by atoms with E-state index < -0.39 is 0 Å². The van der Waals surface area contributed by atoms with E-state index in [4.69, 9.17) is 9.47 Å². The molecule has 0 bridgehead atoms. The van der Waals surface area contributed by atoms with Crippen molar-refractivity contribution in [2.24, 2.45) is 10.4 Å². The molecule has 1 saturated carbocycles.